The predicted molar refractivity (Wildman–Crippen MR) is 229 cm³/mol. The number of ketones is 1. The first-order chi connectivity index (χ1) is 26.0. The third kappa shape index (κ3) is 8.58. The van der Waals surface area contributed by atoms with Crippen molar-refractivity contribution < 1.29 is 30.0 Å². The van der Waals surface area contributed by atoms with Crippen LogP contribution in [0.1, 0.15) is 97.1 Å². The molecule has 0 aliphatic heterocycles. The van der Waals surface area contributed by atoms with Crippen LogP contribution in [0.25, 0.3) is 54.5 Å². The Hall–Kier alpha value is -3.96. The third-order valence-corrected chi connectivity index (χ3v) is 13.2. The van der Waals surface area contributed by atoms with Crippen molar-refractivity contribution in [1.29, 1.82) is 0 Å². The van der Waals surface area contributed by atoms with Crippen LogP contribution < -0.4 is 0 Å². The number of carbonyl (C=O) groups is 1. The Balaban J connectivity index is 0.000000276. The SMILES string of the molecule is CC(C)Cc1cccc2c1CCc1sc3ncnc(-c4[c-]c5ccccc5c(-c5ccccc5)c4)c3c1-2.CCC(C)(CC)C(=O)/C=C(\O)C(C)(CC)CC.[Ir]. The number of rotatable bonds is 11. The standard InChI is InChI=1S/C34H27N2S.C15H28O2.Ir/c1-21(2)17-23-12-8-14-28-27(23)15-16-30-31(28)32-33(35-20-36-34(32)37-30)25-18-24-11-6-7-13-26(24)29(19-25)22-9-4-3-5-10-22;1-7-14(5,8-2)12(16)11-13(17)15(6,9-3)10-4;/h3-14,19-21H,15-17H2,1-2H3;11,16H,7-10H2,1-6H3;/q-1;;/b;12-11-;. The number of hydrogen-bond acceptors (Lipinski definition) is 5. The van der Waals surface area contributed by atoms with Gasteiger partial charge < -0.3 is 5.11 Å². The predicted octanol–water partition coefficient (Wildman–Crippen LogP) is 13.6. The summed E-state index contributed by atoms with van der Waals surface area (Å²) in [5.41, 5.74) is 9.51. The fourth-order valence-corrected chi connectivity index (χ4v) is 8.73. The van der Waals surface area contributed by atoms with E-state index in [2.05, 4.69) is 98.8 Å². The molecule has 289 valence electrons. The molecule has 0 bridgehead atoms. The first kappa shape index (κ1) is 42.2. The maximum atomic E-state index is 12.2. The van der Waals surface area contributed by atoms with Crippen molar-refractivity contribution in [3.63, 3.8) is 0 Å². The Morgan fingerprint density at radius 1 is 0.855 bits per heavy atom. The second-order valence-corrected chi connectivity index (χ2v) is 16.9. The summed E-state index contributed by atoms with van der Waals surface area (Å²) in [6.45, 7) is 16.7. The van der Waals surface area contributed by atoms with Crippen LogP contribution in [0.4, 0.5) is 0 Å². The van der Waals surface area contributed by atoms with E-state index in [-0.39, 0.29) is 42.5 Å². The Bertz CT molecular complexity index is 2300. The van der Waals surface area contributed by atoms with E-state index < -0.39 is 0 Å². The number of hydrogen-bond donors (Lipinski definition) is 1. The van der Waals surface area contributed by atoms with E-state index in [4.69, 9.17) is 9.97 Å². The molecule has 1 aliphatic carbocycles. The topological polar surface area (TPSA) is 63.1 Å². The van der Waals surface area contributed by atoms with Gasteiger partial charge in [0.15, 0.2) is 5.78 Å². The number of fused-ring (bicyclic) bond motifs is 6. The number of nitrogens with zero attached hydrogens (tertiary/aromatic N) is 2. The summed E-state index contributed by atoms with van der Waals surface area (Å²) in [6.07, 6.45) is 9.75. The normalized spacial score (nSPS) is 12.9. The Labute approximate surface area is 345 Å². The minimum Gasteiger partial charge on any atom is -0.512 e. The van der Waals surface area contributed by atoms with Gasteiger partial charge in [-0.1, -0.05) is 139 Å². The van der Waals surface area contributed by atoms with Crippen molar-refractivity contribution >= 4 is 38.1 Å². The van der Waals surface area contributed by atoms with Crippen molar-refractivity contribution in [3.8, 4) is 33.5 Å². The second-order valence-electron chi connectivity index (χ2n) is 15.8. The molecule has 2 heterocycles. The molecule has 1 radical (unpaired) electrons. The second kappa shape index (κ2) is 17.9. The molecule has 0 atom stereocenters. The zero-order valence-corrected chi connectivity index (χ0v) is 36.9. The van der Waals surface area contributed by atoms with Gasteiger partial charge in [0.05, 0.1) is 0 Å². The van der Waals surface area contributed by atoms with E-state index in [1.54, 1.807) is 6.33 Å². The number of thiophene rings is 1. The molecule has 0 saturated heterocycles. The molecule has 0 fully saturated rings. The van der Waals surface area contributed by atoms with Crippen LogP contribution in [0.15, 0.2) is 97.0 Å². The third-order valence-electron chi connectivity index (χ3n) is 12.1. The fraction of sp³-hybridized carbons (Fsp3) is 0.367. The molecule has 0 unspecified atom stereocenters. The number of carbonyl (C=O) groups excluding carboxylic acids is 1. The van der Waals surface area contributed by atoms with Gasteiger partial charge in [0.25, 0.3) is 0 Å². The van der Waals surface area contributed by atoms with Gasteiger partial charge in [0.1, 0.15) is 16.9 Å². The van der Waals surface area contributed by atoms with Gasteiger partial charge in [0.2, 0.25) is 0 Å². The average molecular weight is 928 g/mol. The molecular formula is C49H55IrN2O2S-. The van der Waals surface area contributed by atoms with Gasteiger partial charge in [-0.3, -0.25) is 9.78 Å². The Morgan fingerprint density at radius 3 is 2.20 bits per heavy atom. The number of aromatic nitrogens is 2. The van der Waals surface area contributed by atoms with Crippen LogP contribution in [0, 0.1) is 22.8 Å². The first-order valence-corrected chi connectivity index (χ1v) is 20.6. The molecule has 7 rings (SSSR count). The summed E-state index contributed by atoms with van der Waals surface area (Å²) < 4.78 is 0. The van der Waals surface area contributed by atoms with Crippen LogP contribution in [0.5, 0.6) is 0 Å². The van der Waals surface area contributed by atoms with Crippen LogP contribution in [-0.4, -0.2) is 20.9 Å². The van der Waals surface area contributed by atoms with Crippen molar-refractivity contribution in [2.24, 2.45) is 16.7 Å². The largest absolute Gasteiger partial charge is 0.512 e. The average Bonchev–Trinajstić information content (AvgIpc) is 3.60. The molecule has 1 aliphatic rings. The van der Waals surface area contributed by atoms with Gasteiger partial charge >= 0.3 is 0 Å². The number of aliphatic hydroxyl groups excluding tert-OH is 1. The van der Waals surface area contributed by atoms with Gasteiger partial charge in [0, 0.05) is 58.5 Å². The summed E-state index contributed by atoms with van der Waals surface area (Å²) in [7, 11) is 0. The molecule has 0 amide bonds. The summed E-state index contributed by atoms with van der Waals surface area (Å²) >= 11 is 1.83. The van der Waals surface area contributed by atoms with E-state index in [0.29, 0.717) is 5.92 Å². The maximum absolute atomic E-state index is 12.2. The molecule has 4 nitrogen and oxygen atoms in total. The monoisotopic (exact) mass is 928 g/mol. The molecule has 0 spiro atoms. The quantitative estimate of drug-likeness (QED) is 0.0799. The van der Waals surface area contributed by atoms with Crippen molar-refractivity contribution in [2.75, 3.05) is 0 Å². The van der Waals surface area contributed by atoms with E-state index in [0.717, 1.165) is 66.4 Å². The Kier molecular flexibility index (Phi) is 13.7. The number of allylic oxidation sites excluding steroid dienone is 2. The van der Waals surface area contributed by atoms with E-state index >= 15 is 0 Å². The van der Waals surface area contributed by atoms with Gasteiger partial charge in [-0.25, -0.2) is 4.98 Å². The minimum atomic E-state index is -0.337. The molecule has 1 N–H and O–H groups in total. The van der Waals surface area contributed by atoms with E-state index in [1.807, 2.05) is 52.9 Å². The first-order valence-electron chi connectivity index (χ1n) is 19.8. The summed E-state index contributed by atoms with van der Waals surface area (Å²) in [4.78, 5) is 24.3. The summed E-state index contributed by atoms with van der Waals surface area (Å²) in [5, 5.41) is 13.6. The van der Waals surface area contributed by atoms with Crippen LogP contribution in [0.2, 0.25) is 0 Å². The van der Waals surface area contributed by atoms with Crippen molar-refractivity contribution in [1.82, 2.24) is 9.97 Å². The van der Waals surface area contributed by atoms with E-state index in [9.17, 15) is 9.90 Å². The summed E-state index contributed by atoms with van der Waals surface area (Å²) in [5.74, 6) is 0.920. The fourth-order valence-electron chi connectivity index (χ4n) is 7.58. The van der Waals surface area contributed by atoms with Crippen LogP contribution in [0.3, 0.4) is 0 Å². The van der Waals surface area contributed by atoms with Crippen LogP contribution >= 0.6 is 11.3 Å². The molecular weight excluding hydrogens is 873 g/mol. The molecule has 0 saturated carbocycles. The molecule has 4 aromatic carbocycles. The smallest absolute Gasteiger partial charge is 0.164 e. The molecule has 6 aromatic rings. The molecule has 55 heavy (non-hydrogen) atoms. The minimum absolute atomic E-state index is 0. The number of aliphatic hydroxyl groups is 1. The molecule has 2 aromatic heterocycles. The van der Waals surface area contributed by atoms with Gasteiger partial charge in [-0.2, -0.15) is 0 Å². The molecule has 6 heteroatoms. The van der Waals surface area contributed by atoms with Crippen molar-refractivity contribution in [3.05, 3.63) is 119 Å². The van der Waals surface area contributed by atoms with Gasteiger partial charge in [-0.05, 0) is 73.1 Å². The van der Waals surface area contributed by atoms with Crippen LogP contribution in [-0.2, 0) is 44.2 Å². The zero-order valence-electron chi connectivity index (χ0n) is 33.7. The Morgan fingerprint density at radius 2 is 1.53 bits per heavy atom. The van der Waals surface area contributed by atoms with Crippen molar-refractivity contribution in [2.45, 2.75) is 100 Å². The zero-order chi connectivity index (χ0) is 38.6. The number of aryl methyl sites for hydroxylation is 1. The maximum Gasteiger partial charge on any atom is 0.164 e. The van der Waals surface area contributed by atoms with E-state index in [1.165, 1.54) is 55.1 Å². The van der Waals surface area contributed by atoms with Gasteiger partial charge in [-0.15, -0.1) is 34.9 Å². The number of benzene rings is 4. The summed E-state index contributed by atoms with van der Waals surface area (Å²) in [6, 6.07) is 32.0.